The molecule has 0 aliphatic carbocycles. The lowest BCUT2D eigenvalue weighted by molar-refractivity contribution is 0.230. The second-order valence-corrected chi connectivity index (χ2v) is 9.30. The highest BCUT2D eigenvalue weighted by molar-refractivity contribution is 7.94. The summed E-state index contributed by atoms with van der Waals surface area (Å²) in [5.41, 5.74) is 1.21. The molecule has 0 N–H and O–H groups in total. The van der Waals surface area contributed by atoms with Crippen LogP contribution in [-0.4, -0.2) is 21.6 Å². The third-order valence-electron chi connectivity index (χ3n) is 3.64. The van der Waals surface area contributed by atoms with Crippen molar-refractivity contribution >= 4 is 28.8 Å². The van der Waals surface area contributed by atoms with Gasteiger partial charge in [0.1, 0.15) is 0 Å². The predicted octanol–water partition coefficient (Wildman–Crippen LogP) is 4.33. The normalized spacial score (nSPS) is 12.6. The minimum atomic E-state index is -3.61. The van der Waals surface area contributed by atoms with Crippen molar-refractivity contribution in [2.24, 2.45) is 0 Å². The molecule has 0 saturated carbocycles. The summed E-state index contributed by atoms with van der Waals surface area (Å²) < 4.78 is 49.1. The van der Waals surface area contributed by atoms with Crippen molar-refractivity contribution in [1.82, 2.24) is 0 Å². The zero-order valence-corrected chi connectivity index (χ0v) is 16.8. The molecule has 0 spiro atoms. The molecule has 0 fully saturated rings. The van der Waals surface area contributed by atoms with Gasteiger partial charge in [0.05, 0.1) is 23.4 Å². The maximum absolute atomic E-state index is 13.2. The van der Waals surface area contributed by atoms with Crippen molar-refractivity contribution in [3.05, 3.63) is 65.1 Å². The van der Waals surface area contributed by atoms with E-state index in [1.54, 1.807) is 57.2 Å². The maximum Gasteiger partial charge on any atom is 0.362 e. The fourth-order valence-corrected chi connectivity index (χ4v) is 5.55. The highest BCUT2D eigenvalue weighted by Gasteiger charge is 2.30. The van der Waals surface area contributed by atoms with Crippen LogP contribution in [0.25, 0.3) is 6.08 Å². The van der Waals surface area contributed by atoms with E-state index in [4.69, 9.17) is 9.05 Å². The Labute approximate surface area is 155 Å². The summed E-state index contributed by atoms with van der Waals surface area (Å²) >= 11 is 0. The fourth-order valence-electron chi connectivity index (χ4n) is 2.55. The lowest BCUT2D eigenvalue weighted by Gasteiger charge is -2.21. The second-order valence-electron chi connectivity index (χ2n) is 5.51. The van der Waals surface area contributed by atoms with Crippen molar-refractivity contribution in [2.45, 2.75) is 25.7 Å². The molecule has 7 heteroatoms. The zero-order chi connectivity index (χ0) is 19.2. The van der Waals surface area contributed by atoms with Crippen molar-refractivity contribution < 1.29 is 22.0 Å². The first-order valence-corrected chi connectivity index (χ1v) is 11.4. The van der Waals surface area contributed by atoms with E-state index >= 15 is 0 Å². The average Bonchev–Trinajstić information content (AvgIpc) is 2.61. The van der Waals surface area contributed by atoms with Crippen LogP contribution in [0.2, 0.25) is 0 Å². The maximum atomic E-state index is 13.2. The summed E-state index contributed by atoms with van der Waals surface area (Å²) in [6, 6.07) is 13.4. The third kappa shape index (κ3) is 4.71. The van der Waals surface area contributed by atoms with E-state index in [1.807, 2.05) is 0 Å². The Hall–Kier alpha value is -1.72. The van der Waals surface area contributed by atoms with E-state index in [0.717, 1.165) is 11.0 Å². The Morgan fingerprint density at radius 1 is 0.962 bits per heavy atom. The molecule has 0 aliphatic heterocycles. The molecular weight excluding hydrogens is 371 g/mol. The molecule has 0 heterocycles. The number of rotatable bonds is 8. The minimum absolute atomic E-state index is 0.197. The topological polar surface area (TPSA) is 69.7 Å². The van der Waals surface area contributed by atoms with Gasteiger partial charge in [0.15, 0.2) is 9.84 Å². The van der Waals surface area contributed by atoms with Gasteiger partial charge in [-0.2, -0.15) is 0 Å². The molecule has 2 aromatic carbocycles. The Morgan fingerprint density at radius 2 is 1.58 bits per heavy atom. The molecule has 26 heavy (non-hydrogen) atoms. The fraction of sp³-hybridized carbons (Fsp3) is 0.263. The highest BCUT2D eigenvalue weighted by atomic mass is 32.2. The molecule has 0 unspecified atom stereocenters. The number of aryl methyl sites for hydroxylation is 1. The first-order chi connectivity index (χ1) is 12.3. The summed E-state index contributed by atoms with van der Waals surface area (Å²) in [4.78, 5) is 0.197. The van der Waals surface area contributed by atoms with Gasteiger partial charge in [0.2, 0.25) is 0 Å². The predicted molar refractivity (Wildman–Crippen MR) is 104 cm³/mol. The lowest BCUT2D eigenvalue weighted by atomic mass is 10.1. The molecule has 2 rings (SSSR count). The van der Waals surface area contributed by atoms with Gasteiger partial charge >= 0.3 is 7.60 Å². The van der Waals surface area contributed by atoms with Gasteiger partial charge in [-0.15, -0.1) is 0 Å². The zero-order valence-electron chi connectivity index (χ0n) is 15.1. The molecule has 0 bridgehead atoms. The Morgan fingerprint density at radius 3 is 2.15 bits per heavy atom. The minimum Gasteiger partial charge on any atom is -0.305 e. The summed E-state index contributed by atoms with van der Waals surface area (Å²) in [5, 5.41) is 1.51. The Balaban J connectivity index is 2.52. The van der Waals surface area contributed by atoms with Gasteiger partial charge in [0, 0.05) is 5.41 Å². The van der Waals surface area contributed by atoms with Crippen LogP contribution in [0.15, 0.2) is 58.8 Å². The van der Waals surface area contributed by atoms with Gasteiger partial charge in [0.25, 0.3) is 0 Å². The first-order valence-electron chi connectivity index (χ1n) is 8.31. The van der Waals surface area contributed by atoms with E-state index in [0.29, 0.717) is 10.9 Å². The van der Waals surface area contributed by atoms with Crippen LogP contribution in [0, 0.1) is 6.92 Å². The molecule has 0 saturated heterocycles. The summed E-state index contributed by atoms with van der Waals surface area (Å²) in [6.07, 6.45) is 1.44. The van der Waals surface area contributed by atoms with Gasteiger partial charge in [-0.05, 0) is 50.1 Å². The molecule has 5 nitrogen and oxygen atoms in total. The van der Waals surface area contributed by atoms with Crippen LogP contribution in [0.1, 0.15) is 25.0 Å². The van der Waals surface area contributed by atoms with Crippen LogP contribution >= 0.6 is 7.60 Å². The van der Waals surface area contributed by atoms with Gasteiger partial charge < -0.3 is 9.05 Å². The van der Waals surface area contributed by atoms with E-state index in [2.05, 4.69) is 0 Å². The van der Waals surface area contributed by atoms with Gasteiger partial charge in [-0.25, -0.2) is 8.42 Å². The van der Waals surface area contributed by atoms with Crippen LogP contribution in [0.4, 0.5) is 0 Å². The molecule has 0 atom stereocenters. The largest absolute Gasteiger partial charge is 0.362 e. The number of benzene rings is 2. The smallest absolute Gasteiger partial charge is 0.305 e. The second kappa shape index (κ2) is 8.78. The Bertz CT molecular complexity index is 910. The van der Waals surface area contributed by atoms with Crippen LogP contribution in [0.5, 0.6) is 0 Å². The monoisotopic (exact) mass is 394 g/mol. The van der Waals surface area contributed by atoms with Crippen LogP contribution in [-0.2, 0) is 23.4 Å². The molecule has 140 valence electrons. The number of hydrogen-bond donors (Lipinski definition) is 0. The highest BCUT2D eigenvalue weighted by Crippen LogP contribution is 2.48. The summed E-state index contributed by atoms with van der Waals surface area (Å²) in [6.45, 7) is 5.70. The molecule has 2 aromatic rings. The molecular formula is C19H23O5PS. The van der Waals surface area contributed by atoms with Crippen LogP contribution < -0.4 is 5.30 Å². The van der Waals surface area contributed by atoms with Crippen molar-refractivity contribution in [2.75, 3.05) is 13.2 Å². The van der Waals surface area contributed by atoms with Gasteiger partial charge in [-0.1, -0.05) is 36.4 Å². The lowest BCUT2D eigenvalue weighted by Crippen LogP contribution is -2.17. The van der Waals surface area contributed by atoms with Crippen molar-refractivity contribution in [1.29, 1.82) is 0 Å². The number of sulfone groups is 1. The molecule has 0 radical (unpaired) electrons. The first kappa shape index (κ1) is 20.6. The van der Waals surface area contributed by atoms with Gasteiger partial charge in [-0.3, -0.25) is 4.57 Å². The molecule has 0 aromatic heterocycles. The Kier molecular flexibility index (Phi) is 6.95. The summed E-state index contributed by atoms with van der Waals surface area (Å²) in [5.74, 6) is 0. The molecule has 0 aliphatic rings. The quantitative estimate of drug-likeness (QED) is 0.623. The number of hydrogen-bond acceptors (Lipinski definition) is 5. The molecule has 0 amide bonds. The van der Waals surface area contributed by atoms with Crippen molar-refractivity contribution in [3.8, 4) is 0 Å². The van der Waals surface area contributed by atoms with Crippen LogP contribution in [0.3, 0.4) is 0 Å². The van der Waals surface area contributed by atoms with E-state index < -0.39 is 17.4 Å². The van der Waals surface area contributed by atoms with E-state index in [1.165, 1.54) is 18.2 Å². The standard InChI is InChI=1S/C19H23O5PS/c1-4-23-25(20,24-5-2)19-16(3)10-9-11-17(19)14-15-26(21,22)18-12-7-6-8-13-18/h6-15H,4-5H2,1-3H3/b15-14+. The SMILES string of the molecule is CCOP(=O)(OCC)c1c(C)cccc1/C=C/S(=O)(=O)c1ccccc1. The van der Waals surface area contributed by atoms with E-state index in [9.17, 15) is 13.0 Å². The van der Waals surface area contributed by atoms with E-state index in [-0.39, 0.29) is 18.1 Å². The van der Waals surface area contributed by atoms with Crippen molar-refractivity contribution in [3.63, 3.8) is 0 Å². The third-order valence-corrected chi connectivity index (χ3v) is 7.42. The average molecular weight is 394 g/mol. The summed E-state index contributed by atoms with van der Waals surface area (Å²) in [7, 11) is -7.16.